The number of rotatable bonds is 2. The van der Waals surface area contributed by atoms with E-state index in [1.165, 1.54) is 15.5 Å². The number of thiophene rings is 2. The summed E-state index contributed by atoms with van der Waals surface area (Å²) in [5, 5.41) is 12.1. The van der Waals surface area contributed by atoms with Crippen LogP contribution in [-0.2, 0) is 0 Å². The van der Waals surface area contributed by atoms with Gasteiger partial charge in [-0.3, -0.25) is 10.1 Å². The third-order valence-electron chi connectivity index (χ3n) is 1.52. The monoisotopic (exact) mass is 211 g/mol. The van der Waals surface area contributed by atoms with E-state index >= 15 is 0 Å². The van der Waals surface area contributed by atoms with Crippen molar-refractivity contribution in [2.45, 2.75) is 0 Å². The highest BCUT2D eigenvalue weighted by atomic mass is 32.1. The molecule has 0 saturated heterocycles. The minimum atomic E-state index is -0.451. The predicted octanol–water partition coefficient (Wildman–Crippen LogP) is 3.21. The SMILES string of the molecule is O=[N+]([O-])C=Cc1cc2sccc2s1. The second-order valence-electron chi connectivity index (χ2n) is 2.40. The van der Waals surface area contributed by atoms with Gasteiger partial charge in [0.2, 0.25) is 6.20 Å². The zero-order chi connectivity index (χ0) is 9.26. The standard InChI is InChI=1S/C8H5NO2S2/c10-9(11)3-1-6-5-8-7(13-6)2-4-12-8/h1-5H. The molecule has 0 aliphatic rings. The quantitative estimate of drug-likeness (QED) is 0.565. The van der Waals surface area contributed by atoms with Crippen LogP contribution in [0.1, 0.15) is 4.88 Å². The molecule has 0 N–H and O–H groups in total. The molecule has 3 nitrogen and oxygen atoms in total. The van der Waals surface area contributed by atoms with E-state index in [0.717, 1.165) is 11.1 Å². The molecular weight excluding hydrogens is 206 g/mol. The summed E-state index contributed by atoms with van der Waals surface area (Å²) in [5.74, 6) is 0. The summed E-state index contributed by atoms with van der Waals surface area (Å²) in [4.78, 5) is 10.5. The summed E-state index contributed by atoms with van der Waals surface area (Å²) in [6.45, 7) is 0. The van der Waals surface area contributed by atoms with Crippen molar-refractivity contribution in [2.75, 3.05) is 0 Å². The fourth-order valence-electron chi connectivity index (χ4n) is 1.00. The Morgan fingerprint density at radius 1 is 1.46 bits per heavy atom. The highest BCUT2D eigenvalue weighted by Gasteiger charge is 2.00. The number of hydrogen-bond donors (Lipinski definition) is 0. The Morgan fingerprint density at radius 3 is 3.00 bits per heavy atom. The molecule has 66 valence electrons. The second-order valence-corrected chi connectivity index (χ2v) is 4.46. The van der Waals surface area contributed by atoms with E-state index < -0.39 is 4.92 Å². The molecule has 0 saturated carbocycles. The Morgan fingerprint density at radius 2 is 2.31 bits per heavy atom. The van der Waals surface area contributed by atoms with Crippen molar-refractivity contribution in [3.05, 3.63) is 38.7 Å². The third-order valence-corrected chi connectivity index (χ3v) is 3.58. The maximum absolute atomic E-state index is 10.1. The van der Waals surface area contributed by atoms with Crippen molar-refractivity contribution in [1.82, 2.24) is 0 Å². The van der Waals surface area contributed by atoms with Crippen molar-refractivity contribution in [3.8, 4) is 0 Å². The van der Waals surface area contributed by atoms with Crippen molar-refractivity contribution in [3.63, 3.8) is 0 Å². The van der Waals surface area contributed by atoms with Gasteiger partial charge in [0, 0.05) is 20.4 Å². The lowest BCUT2D eigenvalue weighted by molar-refractivity contribution is -0.400. The first-order valence-corrected chi connectivity index (χ1v) is 5.24. The zero-order valence-corrected chi connectivity index (χ0v) is 8.10. The largest absolute Gasteiger partial charge is 0.259 e. The summed E-state index contributed by atoms with van der Waals surface area (Å²) in [6.07, 6.45) is 2.49. The second kappa shape index (κ2) is 3.27. The first kappa shape index (κ1) is 8.40. The number of nitrogens with zero attached hydrogens (tertiary/aromatic N) is 1. The molecule has 0 spiro atoms. The molecule has 0 atom stereocenters. The van der Waals surface area contributed by atoms with Crippen LogP contribution in [0.4, 0.5) is 0 Å². The van der Waals surface area contributed by atoms with E-state index in [1.54, 1.807) is 22.7 Å². The van der Waals surface area contributed by atoms with Gasteiger partial charge in [-0.05, 0) is 17.5 Å². The molecule has 2 aromatic heterocycles. The van der Waals surface area contributed by atoms with Gasteiger partial charge >= 0.3 is 0 Å². The van der Waals surface area contributed by atoms with Crippen molar-refractivity contribution in [2.24, 2.45) is 0 Å². The molecule has 0 fully saturated rings. The summed E-state index contributed by atoms with van der Waals surface area (Å²) >= 11 is 3.21. The molecule has 2 rings (SSSR count). The van der Waals surface area contributed by atoms with Gasteiger partial charge in [0.05, 0.1) is 4.92 Å². The van der Waals surface area contributed by atoms with Gasteiger partial charge in [0.15, 0.2) is 0 Å². The normalized spacial score (nSPS) is 11.4. The average Bonchev–Trinajstić information content (AvgIpc) is 2.58. The van der Waals surface area contributed by atoms with Crippen LogP contribution in [0.2, 0.25) is 0 Å². The van der Waals surface area contributed by atoms with E-state index in [9.17, 15) is 10.1 Å². The minimum absolute atomic E-state index is 0.451. The van der Waals surface area contributed by atoms with Crippen LogP contribution in [0, 0.1) is 10.1 Å². The molecule has 0 aromatic carbocycles. The van der Waals surface area contributed by atoms with Crippen molar-refractivity contribution >= 4 is 38.1 Å². The lowest BCUT2D eigenvalue weighted by atomic mass is 10.4. The Bertz CT molecular complexity index is 441. The summed E-state index contributed by atoms with van der Waals surface area (Å²) in [7, 11) is 0. The molecule has 2 heterocycles. The van der Waals surface area contributed by atoms with Crippen LogP contribution < -0.4 is 0 Å². The van der Waals surface area contributed by atoms with E-state index in [1.807, 2.05) is 17.5 Å². The fraction of sp³-hybridized carbons (Fsp3) is 0. The smallest absolute Gasteiger partial charge is 0.235 e. The van der Waals surface area contributed by atoms with Gasteiger partial charge in [0.1, 0.15) is 0 Å². The fourth-order valence-corrected chi connectivity index (χ4v) is 3.02. The lowest BCUT2D eigenvalue weighted by Crippen LogP contribution is -1.80. The first-order chi connectivity index (χ1) is 6.25. The van der Waals surface area contributed by atoms with Crippen molar-refractivity contribution < 1.29 is 4.92 Å². The number of fused-ring (bicyclic) bond motifs is 1. The third kappa shape index (κ3) is 1.76. The molecule has 0 aliphatic carbocycles. The molecule has 0 radical (unpaired) electrons. The van der Waals surface area contributed by atoms with E-state index in [-0.39, 0.29) is 0 Å². The van der Waals surface area contributed by atoms with Crippen LogP contribution in [-0.4, -0.2) is 4.92 Å². The molecule has 2 aromatic rings. The molecule has 0 amide bonds. The topological polar surface area (TPSA) is 43.1 Å². The maximum Gasteiger partial charge on any atom is 0.235 e. The Hall–Kier alpha value is -1.20. The highest BCUT2D eigenvalue weighted by molar-refractivity contribution is 7.27. The number of hydrogen-bond acceptors (Lipinski definition) is 4. The minimum Gasteiger partial charge on any atom is -0.259 e. The van der Waals surface area contributed by atoms with Crippen LogP contribution in [0.15, 0.2) is 23.7 Å². The van der Waals surface area contributed by atoms with E-state index in [2.05, 4.69) is 0 Å². The molecule has 0 unspecified atom stereocenters. The van der Waals surface area contributed by atoms with Crippen LogP contribution in [0.3, 0.4) is 0 Å². The van der Waals surface area contributed by atoms with Gasteiger partial charge in [0.25, 0.3) is 0 Å². The van der Waals surface area contributed by atoms with E-state index in [0.29, 0.717) is 0 Å². The van der Waals surface area contributed by atoms with Gasteiger partial charge < -0.3 is 0 Å². The zero-order valence-electron chi connectivity index (χ0n) is 6.47. The first-order valence-electron chi connectivity index (χ1n) is 3.54. The van der Waals surface area contributed by atoms with Gasteiger partial charge in [-0.2, -0.15) is 0 Å². The van der Waals surface area contributed by atoms with Gasteiger partial charge in [-0.15, -0.1) is 22.7 Å². The Balaban J connectivity index is 2.34. The van der Waals surface area contributed by atoms with Crippen LogP contribution in [0.5, 0.6) is 0 Å². The molecule has 0 bridgehead atoms. The van der Waals surface area contributed by atoms with E-state index in [4.69, 9.17) is 0 Å². The van der Waals surface area contributed by atoms with Crippen LogP contribution in [0.25, 0.3) is 15.5 Å². The molecule has 13 heavy (non-hydrogen) atoms. The lowest BCUT2D eigenvalue weighted by Gasteiger charge is -1.78. The molecular formula is C8H5NO2S2. The number of nitro groups is 1. The summed E-state index contributed by atoms with van der Waals surface area (Å²) < 4.78 is 2.38. The summed E-state index contributed by atoms with van der Waals surface area (Å²) in [6, 6.07) is 3.98. The molecule has 0 aliphatic heterocycles. The summed E-state index contributed by atoms with van der Waals surface area (Å²) in [5.41, 5.74) is 0. The van der Waals surface area contributed by atoms with Gasteiger partial charge in [-0.1, -0.05) is 0 Å². The van der Waals surface area contributed by atoms with Crippen molar-refractivity contribution in [1.29, 1.82) is 0 Å². The van der Waals surface area contributed by atoms with Gasteiger partial charge in [-0.25, -0.2) is 0 Å². The predicted molar refractivity (Wildman–Crippen MR) is 55.7 cm³/mol. The Kier molecular flexibility index (Phi) is 2.12. The Labute approximate surface area is 82.1 Å². The van der Waals surface area contributed by atoms with Crippen LogP contribution >= 0.6 is 22.7 Å². The average molecular weight is 211 g/mol. The maximum atomic E-state index is 10.1. The molecule has 5 heteroatoms. The highest BCUT2D eigenvalue weighted by Crippen LogP contribution is 2.30.